The molecule has 3 N–H and O–H groups in total. The van der Waals surface area contributed by atoms with Crippen molar-refractivity contribution in [2.75, 3.05) is 12.3 Å². The average Bonchev–Trinajstić information content (AvgIpc) is 2.83. The lowest BCUT2D eigenvalue weighted by atomic mass is 10.1. The van der Waals surface area contributed by atoms with Gasteiger partial charge in [-0.25, -0.2) is 15.0 Å². The molecular weight excluding hydrogens is 288 g/mol. The number of nitrogens with two attached hydrogens (primary N) is 1. The summed E-state index contributed by atoms with van der Waals surface area (Å²) in [5.41, 5.74) is 7.74. The second kappa shape index (κ2) is 7.73. The van der Waals surface area contributed by atoms with Gasteiger partial charge in [-0.3, -0.25) is 0 Å². The lowest BCUT2D eigenvalue weighted by Crippen LogP contribution is -2.36. The van der Waals surface area contributed by atoms with E-state index in [9.17, 15) is 0 Å². The maximum Gasteiger partial charge on any atom is 0.165 e. The first-order valence-electron chi connectivity index (χ1n) is 8.63. The Hall–Kier alpha value is -1.69. The second-order valence-electron chi connectivity index (χ2n) is 7.10. The number of hydrogen-bond acceptors (Lipinski definition) is 5. The van der Waals surface area contributed by atoms with E-state index in [2.05, 4.69) is 52.5 Å². The summed E-state index contributed by atoms with van der Waals surface area (Å²) in [4.78, 5) is 13.1. The highest BCUT2D eigenvalue weighted by molar-refractivity contribution is 5.81. The SMILES string of the molecule is CCCCc1nc2c(N)ncnc2n1CCCCNC(C)(C)C. The number of nitrogens with one attached hydrogen (secondary N) is 1. The van der Waals surface area contributed by atoms with Gasteiger partial charge >= 0.3 is 0 Å². The van der Waals surface area contributed by atoms with Crippen LogP contribution in [0, 0.1) is 0 Å². The Kier molecular flexibility index (Phi) is 5.93. The third kappa shape index (κ3) is 4.89. The van der Waals surface area contributed by atoms with Crippen molar-refractivity contribution in [1.29, 1.82) is 0 Å². The number of aryl methyl sites for hydroxylation is 2. The highest BCUT2D eigenvalue weighted by atomic mass is 15.1. The number of aromatic nitrogens is 4. The fourth-order valence-corrected chi connectivity index (χ4v) is 2.62. The summed E-state index contributed by atoms with van der Waals surface area (Å²) in [5, 5.41) is 3.53. The van der Waals surface area contributed by atoms with Crippen LogP contribution >= 0.6 is 0 Å². The van der Waals surface area contributed by atoms with Crippen LogP contribution in [0.15, 0.2) is 6.33 Å². The first-order valence-corrected chi connectivity index (χ1v) is 8.63. The highest BCUT2D eigenvalue weighted by Crippen LogP contribution is 2.20. The van der Waals surface area contributed by atoms with Crippen LogP contribution in [0.25, 0.3) is 11.2 Å². The Bertz CT molecular complexity index is 626. The fourth-order valence-electron chi connectivity index (χ4n) is 2.62. The van der Waals surface area contributed by atoms with E-state index < -0.39 is 0 Å². The van der Waals surface area contributed by atoms with Crippen LogP contribution < -0.4 is 11.1 Å². The molecule has 0 bridgehead atoms. The van der Waals surface area contributed by atoms with Gasteiger partial charge in [-0.2, -0.15) is 0 Å². The van der Waals surface area contributed by atoms with Crippen molar-refractivity contribution in [1.82, 2.24) is 24.8 Å². The average molecular weight is 318 g/mol. The largest absolute Gasteiger partial charge is 0.382 e. The van der Waals surface area contributed by atoms with E-state index in [1.165, 1.54) is 6.33 Å². The zero-order valence-electron chi connectivity index (χ0n) is 14.9. The Morgan fingerprint density at radius 3 is 2.65 bits per heavy atom. The first-order chi connectivity index (χ1) is 10.9. The molecular formula is C17H30N6. The Morgan fingerprint density at radius 1 is 1.17 bits per heavy atom. The van der Waals surface area contributed by atoms with E-state index in [1.54, 1.807) is 0 Å². The Balaban J connectivity index is 2.06. The summed E-state index contributed by atoms with van der Waals surface area (Å²) in [5.74, 6) is 1.55. The number of nitrogen functional groups attached to an aromatic ring is 1. The molecule has 0 aliphatic heterocycles. The minimum atomic E-state index is 0.176. The van der Waals surface area contributed by atoms with Crippen molar-refractivity contribution >= 4 is 17.0 Å². The molecule has 6 nitrogen and oxygen atoms in total. The minimum Gasteiger partial charge on any atom is -0.382 e. The van der Waals surface area contributed by atoms with Gasteiger partial charge in [0, 0.05) is 18.5 Å². The molecule has 2 aromatic heterocycles. The molecule has 6 heteroatoms. The monoisotopic (exact) mass is 318 g/mol. The molecule has 23 heavy (non-hydrogen) atoms. The van der Waals surface area contributed by atoms with Crippen molar-refractivity contribution < 1.29 is 0 Å². The smallest absolute Gasteiger partial charge is 0.165 e. The van der Waals surface area contributed by atoms with E-state index in [0.29, 0.717) is 5.82 Å². The molecule has 0 atom stereocenters. The maximum atomic E-state index is 5.95. The zero-order chi connectivity index (χ0) is 16.9. The summed E-state index contributed by atoms with van der Waals surface area (Å²) in [6.45, 7) is 10.7. The van der Waals surface area contributed by atoms with Gasteiger partial charge in [0.05, 0.1) is 0 Å². The lowest BCUT2D eigenvalue weighted by molar-refractivity contribution is 0.414. The summed E-state index contributed by atoms with van der Waals surface area (Å²) >= 11 is 0. The molecule has 2 aromatic rings. The Labute approximate surface area is 138 Å². The molecule has 0 amide bonds. The number of rotatable bonds is 8. The van der Waals surface area contributed by atoms with Crippen LogP contribution in [0.4, 0.5) is 5.82 Å². The highest BCUT2D eigenvalue weighted by Gasteiger charge is 2.14. The van der Waals surface area contributed by atoms with Crippen LogP contribution in [-0.2, 0) is 13.0 Å². The van der Waals surface area contributed by atoms with Gasteiger partial charge in [0.25, 0.3) is 0 Å². The summed E-state index contributed by atoms with van der Waals surface area (Å²) in [7, 11) is 0. The lowest BCUT2D eigenvalue weighted by Gasteiger charge is -2.20. The van der Waals surface area contributed by atoms with Crippen LogP contribution in [0.1, 0.15) is 59.2 Å². The Morgan fingerprint density at radius 2 is 1.96 bits per heavy atom. The van der Waals surface area contributed by atoms with Crippen LogP contribution in [0.3, 0.4) is 0 Å². The predicted octanol–water partition coefficient (Wildman–Crippen LogP) is 2.92. The molecule has 128 valence electrons. The molecule has 0 aliphatic carbocycles. The molecule has 2 heterocycles. The number of nitrogens with zero attached hydrogens (tertiary/aromatic N) is 4. The van der Waals surface area contributed by atoms with Crippen molar-refractivity contribution in [3.8, 4) is 0 Å². The van der Waals surface area contributed by atoms with Gasteiger partial charge in [-0.1, -0.05) is 13.3 Å². The van der Waals surface area contributed by atoms with E-state index >= 15 is 0 Å². The summed E-state index contributed by atoms with van der Waals surface area (Å²) in [6, 6.07) is 0. The van der Waals surface area contributed by atoms with Crippen molar-refractivity contribution in [3.63, 3.8) is 0 Å². The molecule has 0 aromatic carbocycles. The van der Waals surface area contributed by atoms with Crippen molar-refractivity contribution in [3.05, 3.63) is 12.2 Å². The minimum absolute atomic E-state index is 0.176. The van der Waals surface area contributed by atoms with Gasteiger partial charge < -0.3 is 15.6 Å². The summed E-state index contributed by atoms with van der Waals surface area (Å²) in [6.07, 6.45) is 7.00. The second-order valence-corrected chi connectivity index (χ2v) is 7.10. The normalized spacial score (nSPS) is 12.2. The molecule has 0 unspecified atom stereocenters. The van der Waals surface area contributed by atoms with E-state index in [0.717, 1.165) is 62.2 Å². The maximum absolute atomic E-state index is 5.95. The zero-order valence-corrected chi connectivity index (χ0v) is 14.9. The van der Waals surface area contributed by atoms with Gasteiger partial charge in [0.2, 0.25) is 0 Å². The van der Waals surface area contributed by atoms with Crippen molar-refractivity contribution in [2.24, 2.45) is 0 Å². The quantitative estimate of drug-likeness (QED) is 0.731. The molecule has 0 spiro atoms. The first kappa shape index (κ1) is 17.7. The molecule has 0 radical (unpaired) electrons. The van der Waals surface area contributed by atoms with Crippen LogP contribution in [0.5, 0.6) is 0 Å². The number of anilines is 1. The molecule has 0 fully saturated rings. The number of imidazole rings is 1. The molecule has 0 aliphatic rings. The van der Waals surface area contributed by atoms with Gasteiger partial charge in [0.1, 0.15) is 12.2 Å². The topological polar surface area (TPSA) is 81.7 Å². The van der Waals surface area contributed by atoms with E-state index in [4.69, 9.17) is 5.73 Å². The van der Waals surface area contributed by atoms with Gasteiger partial charge in [-0.15, -0.1) is 0 Å². The fraction of sp³-hybridized carbons (Fsp3) is 0.706. The third-order valence-electron chi connectivity index (χ3n) is 3.86. The van der Waals surface area contributed by atoms with Crippen LogP contribution in [-0.4, -0.2) is 31.6 Å². The van der Waals surface area contributed by atoms with Crippen molar-refractivity contribution in [2.45, 2.75) is 71.9 Å². The number of unbranched alkanes of at least 4 members (excludes halogenated alkanes) is 2. The van der Waals surface area contributed by atoms with E-state index in [1.807, 2.05) is 0 Å². The molecule has 0 saturated carbocycles. The van der Waals surface area contributed by atoms with Crippen LogP contribution in [0.2, 0.25) is 0 Å². The summed E-state index contributed by atoms with van der Waals surface area (Å²) < 4.78 is 2.22. The molecule has 0 saturated heterocycles. The predicted molar refractivity (Wildman–Crippen MR) is 95.3 cm³/mol. The third-order valence-corrected chi connectivity index (χ3v) is 3.86. The standard InChI is InChI=1S/C17H30N6/c1-5-6-9-13-22-14-15(18)19-12-20-16(14)23(13)11-8-7-10-21-17(2,3)4/h12,21H,5-11H2,1-4H3,(H2,18,19,20). The van der Waals surface area contributed by atoms with Gasteiger partial charge in [-0.05, 0) is 46.6 Å². The van der Waals surface area contributed by atoms with Gasteiger partial charge in [0.15, 0.2) is 17.0 Å². The number of hydrogen-bond donors (Lipinski definition) is 2. The number of fused-ring (bicyclic) bond motifs is 1. The molecule has 2 rings (SSSR count). The van der Waals surface area contributed by atoms with E-state index in [-0.39, 0.29) is 5.54 Å².